The number of aryl methyl sites for hydroxylation is 1. The van der Waals surface area contributed by atoms with Gasteiger partial charge in [0.15, 0.2) is 11.0 Å². The highest BCUT2D eigenvalue weighted by molar-refractivity contribution is 7.98. The van der Waals surface area contributed by atoms with E-state index < -0.39 is 0 Å². The lowest BCUT2D eigenvalue weighted by Gasteiger charge is -2.04. The molecule has 0 unspecified atom stereocenters. The van der Waals surface area contributed by atoms with Crippen molar-refractivity contribution < 1.29 is 4.52 Å². The van der Waals surface area contributed by atoms with Crippen LogP contribution in [0.1, 0.15) is 50.1 Å². The highest BCUT2D eigenvalue weighted by Crippen LogP contribution is 2.40. The molecule has 1 saturated carbocycles. The third-order valence-electron chi connectivity index (χ3n) is 3.16. The number of hydrogen-bond acceptors (Lipinski definition) is 6. The first-order valence-electron chi connectivity index (χ1n) is 6.69. The summed E-state index contributed by atoms with van der Waals surface area (Å²) in [4.78, 5) is 4.30. The molecule has 0 aromatic carbocycles. The Morgan fingerprint density at radius 3 is 2.79 bits per heavy atom. The zero-order chi connectivity index (χ0) is 13.2. The lowest BCUT2D eigenvalue weighted by molar-refractivity contribution is 0.385. The van der Waals surface area contributed by atoms with E-state index >= 15 is 0 Å². The van der Waals surface area contributed by atoms with Gasteiger partial charge < -0.3 is 9.09 Å². The molecule has 6 nitrogen and oxygen atoms in total. The zero-order valence-corrected chi connectivity index (χ0v) is 12.0. The summed E-state index contributed by atoms with van der Waals surface area (Å²) in [5.74, 6) is 3.81. The van der Waals surface area contributed by atoms with Crippen molar-refractivity contribution in [2.45, 2.75) is 56.5 Å². The molecule has 3 rings (SSSR count). The van der Waals surface area contributed by atoms with Crippen LogP contribution in [0.5, 0.6) is 0 Å². The van der Waals surface area contributed by atoms with Crippen molar-refractivity contribution in [2.75, 3.05) is 0 Å². The van der Waals surface area contributed by atoms with Crippen LogP contribution in [0.25, 0.3) is 0 Å². The standard InChI is InChI=1S/C12H17N5OS/c1-3-9-13-10(18-16-9)7-19-12-15-14-11(8-5-6-8)17(12)4-2/h8H,3-7H2,1-2H3. The highest BCUT2D eigenvalue weighted by atomic mass is 32.2. The van der Waals surface area contributed by atoms with Crippen LogP contribution in [0.4, 0.5) is 0 Å². The molecule has 0 saturated heterocycles. The Morgan fingerprint density at radius 2 is 2.16 bits per heavy atom. The maximum absolute atomic E-state index is 5.18. The van der Waals surface area contributed by atoms with Crippen LogP contribution < -0.4 is 0 Å². The predicted molar refractivity (Wildman–Crippen MR) is 70.9 cm³/mol. The van der Waals surface area contributed by atoms with Crippen molar-refractivity contribution in [3.05, 3.63) is 17.5 Å². The van der Waals surface area contributed by atoms with Gasteiger partial charge in [0.1, 0.15) is 5.82 Å². The summed E-state index contributed by atoms with van der Waals surface area (Å²) in [6, 6.07) is 0. The van der Waals surface area contributed by atoms with Crippen LogP contribution in [-0.2, 0) is 18.7 Å². The van der Waals surface area contributed by atoms with Crippen LogP contribution in [0.15, 0.2) is 9.68 Å². The molecule has 0 aliphatic heterocycles. The lowest BCUT2D eigenvalue weighted by atomic mass is 10.4. The van der Waals surface area contributed by atoms with Crippen molar-refractivity contribution in [1.29, 1.82) is 0 Å². The van der Waals surface area contributed by atoms with Gasteiger partial charge in [0.25, 0.3) is 0 Å². The van der Waals surface area contributed by atoms with Gasteiger partial charge in [0.2, 0.25) is 5.89 Å². The smallest absolute Gasteiger partial charge is 0.237 e. The summed E-state index contributed by atoms with van der Waals surface area (Å²) in [7, 11) is 0. The normalized spacial score (nSPS) is 15.1. The molecule has 2 aromatic heterocycles. The van der Waals surface area contributed by atoms with Crippen LogP contribution in [0.2, 0.25) is 0 Å². The number of hydrogen-bond donors (Lipinski definition) is 0. The van der Waals surface area contributed by atoms with E-state index in [4.69, 9.17) is 4.52 Å². The predicted octanol–water partition coefficient (Wildman–Crippen LogP) is 2.41. The molecule has 0 bridgehead atoms. The van der Waals surface area contributed by atoms with E-state index in [1.54, 1.807) is 11.8 Å². The van der Waals surface area contributed by atoms with E-state index in [1.807, 2.05) is 6.92 Å². The topological polar surface area (TPSA) is 69.6 Å². The van der Waals surface area contributed by atoms with Crippen LogP contribution >= 0.6 is 11.8 Å². The van der Waals surface area contributed by atoms with Crippen molar-refractivity contribution in [1.82, 2.24) is 24.9 Å². The molecule has 0 radical (unpaired) electrons. The summed E-state index contributed by atoms with van der Waals surface area (Å²) in [5.41, 5.74) is 0. The Morgan fingerprint density at radius 1 is 1.32 bits per heavy atom. The Kier molecular flexibility index (Phi) is 3.54. The van der Waals surface area contributed by atoms with Gasteiger partial charge in [0.05, 0.1) is 5.75 Å². The highest BCUT2D eigenvalue weighted by Gasteiger charge is 2.30. The summed E-state index contributed by atoms with van der Waals surface area (Å²) >= 11 is 1.61. The molecule has 0 amide bonds. The SMILES string of the molecule is CCc1noc(CSc2nnc(C3CC3)n2CC)n1. The van der Waals surface area contributed by atoms with Crippen molar-refractivity contribution in [3.8, 4) is 0 Å². The van der Waals surface area contributed by atoms with E-state index in [0.29, 0.717) is 17.6 Å². The first-order chi connectivity index (χ1) is 9.31. The molecule has 0 spiro atoms. The number of nitrogens with zero attached hydrogens (tertiary/aromatic N) is 5. The summed E-state index contributed by atoms with van der Waals surface area (Å²) in [6.45, 7) is 5.05. The molecule has 2 aromatic rings. The minimum atomic E-state index is 0.622. The van der Waals surface area contributed by atoms with Crippen molar-refractivity contribution in [2.24, 2.45) is 0 Å². The Hall–Kier alpha value is -1.37. The molecule has 102 valence electrons. The molecule has 1 fully saturated rings. The average molecular weight is 279 g/mol. The molecule has 2 heterocycles. The van der Waals surface area contributed by atoms with Gasteiger partial charge in [-0.3, -0.25) is 0 Å². The fourth-order valence-corrected chi connectivity index (χ4v) is 2.81. The van der Waals surface area contributed by atoms with Gasteiger partial charge in [-0.15, -0.1) is 10.2 Å². The summed E-state index contributed by atoms with van der Waals surface area (Å²) < 4.78 is 7.37. The van der Waals surface area contributed by atoms with E-state index in [0.717, 1.165) is 29.8 Å². The molecule has 0 atom stereocenters. The monoisotopic (exact) mass is 279 g/mol. The Labute approximate surface area is 116 Å². The summed E-state index contributed by atoms with van der Waals surface area (Å²) in [6.07, 6.45) is 3.28. The fourth-order valence-electron chi connectivity index (χ4n) is 1.97. The number of thioether (sulfide) groups is 1. The van der Waals surface area contributed by atoms with E-state index in [-0.39, 0.29) is 0 Å². The quantitative estimate of drug-likeness (QED) is 0.756. The molecular weight excluding hydrogens is 262 g/mol. The third kappa shape index (κ3) is 2.65. The van der Waals surface area contributed by atoms with Crippen LogP contribution in [0, 0.1) is 0 Å². The molecule has 1 aliphatic rings. The third-order valence-corrected chi connectivity index (χ3v) is 4.11. The van der Waals surface area contributed by atoms with Gasteiger partial charge in [-0.25, -0.2) is 0 Å². The van der Waals surface area contributed by atoms with Gasteiger partial charge in [0, 0.05) is 18.9 Å². The first-order valence-corrected chi connectivity index (χ1v) is 7.67. The van der Waals surface area contributed by atoms with Crippen LogP contribution in [-0.4, -0.2) is 24.9 Å². The molecule has 0 N–H and O–H groups in total. The lowest BCUT2D eigenvalue weighted by Crippen LogP contribution is -2.02. The summed E-state index contributed by atoms with van der Waals surface area (Å²) in [5, 5.41) is 13.4. The molecule has 7 heteroatoms. The Bertz CT molecular complexity index is 560. The van der Waals surface area contributed by atoms with Crippen molar-refractivity contribution >= 4 is 11.8 Å². The van der Waals surface area contributed by atoms with E-state index in [1.165, 1.54) is 12.8 Å². The minimum Gasteiger partial charge on any atom is -0.338 e. The second-order valence-corrected chi connectivity index (χ2v) is 5.55. The fraction of sp³-hybridized carbons (Fsp3) is 0.667. The average Bonchev–Trinajstić information content (AvgIpc) is 3.04. The Balaban J connectivity index is 1.69. The maximum Gasteiger partial charge on any atom is 0.237 e. The number of rotatable bonds is 6. The van der Waals surface area contributed by atoms with Gasteiger partial charge >= 0.3 is 0 Å². The van der Waals surface area contributed by atoms with Crippen LogP contribution in [0.3, 0.4) is 0 Å². The molecular formula is C12H17N5OS. The maximum atomic E-state index is 5.18. The largest absolute Gasteiger partial charge is 0.338 e. The van der Waals surface area contributed by atoms with Gasteiger partial charge in [-0.05, 0) is 19.8 Å². The molecule has 19 heavy (non-hydrogen) atoms. The van der Waals surface area contributed by atoms with E-state index in [2.05, 4.69) is 31.8 Å². The minimum absolute atomic E-state index is 0.622. The van der Waals surface area contributed by atoms with E-state index in [9.17, 15) is 0 Å². The zero-order valence-electron chi connectivity index (χ0n) is 11.2. The van der Waals surface area contributed by atoms with Crippen molar-refractivity contribution in [3.63, 3.8) is 0 Å². The molecule has 1 aliphatic carbocycles. The number of aromatic nitrogens is 5. The van der Waals surface area contributed by atoms with Gasteiger partial charge in [-0.2, -0.15) is 4.98 Å². The van der Waals surface area contributed by atoms with Gasteiger partial charge in [-0.1, -0.05) is 23.8 Å². The second-order valence-electron chi connectivity index (χ2n) is 4.61. The second kappa shape index (κ2) is 5.32. The first kappa shape index (κ1) is 12.7.